The number of thiophene rings is 1. The Bertz CT molecular complexity index is 1460. The number of likely N-dealkylation sites (N-methyl/N-ethyl adjacent to an activating group) is 1. The van der Waals surface area contributed by atoms with Crippen LogP contribution in [0, 0.1) is 5.92 Å². The Hall–Kier alpha value is -3.28. The van der Waals surface area contributed by atoms with Crippen LogP contribution < -0.4 is 10.1 Å². The van der Waals surface area contributed by atoms with E-state index in [2.05, 4.69) is 54.3 Å². The number of nitrogens with zero attached hydrogens (tertiary/aromatic N) is 6. The number of aromatic amines is 1. The average molecular weight is 535 g/mol. The highest BCUT2D eigenvalue weighted by Gasteiger charge is 2.33. The summed E-state index contributed by atoms with van der Waals surface area (Å²) in [5.74, 6) is 1.83. The molecule has 1 amide bonds. The second-order valence-corrected chi connectivity index (χ2v) is 11.5. The first kappa shape index (κ1) is 25.0. The Labute approximate surface area is 226 Å². The van der Waals surface area contributed by atoms with E-state index in [4.69, 9.17) is 4.74 Å². The van der Waals surface area contributed by atoms with Crippen molar-refractivity contribution in [1.29, 1.82) is 0 Å². The Morgan fingerprint density at radius 2 is 2.08 bits per heavy atom. The molecule has 4 heterocycles. The predicted octanol–water partition coefficient (Wildman–Crippen LogP) is 3.13. The number of aromatic nitrogens is 4. The van der Waals surface area contributed by atoms with Crippen LogP contribution in [0.5, 0.6) is 5.75 Å². The predicted molar refractivity (Wildman–Crippen MR) is 150 cm³/mol. The van der Waals surface area contributed by atoms with Crippen LogP contribution in [0.3, 0.4) is 0 Å². The van der Waals surface area contributed by atoms with Crippen molar-refractivity contribution < 1.29 is 9.53 Å². The van der Waals surface area contributed by atoms with Crippen LogP contribution in [0.1, 0.15) is 16.9 Å². The fourth-order valence-corrected chi connectivity index (χ4v) is 6.84. The summed E-state index contributed by atoms with van der Waals surface area (Å²) in [7, 11) is 5.87. The van der Waals surface area contributed by atoms with Gasteiger partial charge in [-0.2, -0.15) is 5.10 Å². The maximum atomic E-state index is 13.5. The molecule has 11 heteroatoms. The lowest BCUT2D eigenvalue weighted by Gasteiger charge is -2.37. The molecule has 2 N–H and O–H groups in total. The first-order chi connectivity index (χ1) is 18.5. The molecule has 4 aromatic rings. The molecule has 0 radical (unpaired) electrons. The van der Waals surface area contributed by atoms with E-state index in [-0.39, 0.29) is 5.92 Å². The summed E-state index contributed by atoms with van der Waals surface area (Å²) in [6.07, 6.45) is 5.89. The van der Waals surface area contributed by atoms with Gasteiger partial charge >= 0.3 is 0 Å². The standard InChI is InChI=1S/C27H34N8O2S/c1-33(2)6-7-34-8-10-35(11-9-34)27(36)17-4-5-19-23(13-17)38-26-24(19)25(28-16-29-26)31-21-12-18-15-30-32-20(18)14-22(21)37-3/h12,14-17H,4-11,13H2,1-3H3,(H,30,32)(H,28,29,31)/t17-/m0/s1. The summed E-state index contributed by atoms with van der Waals surface area (Å²) < 4.78 is 5.63. The Morgan fingerprint density at radius 1 is 1.24 bits per heavy atom. The van der Waals surface area contributed by atoms with E-state index in [1.165, 1.54) is 10.4 Å². The minimum Gasteiger partial charge on any atom is -0.494 e. The van der Waals surface area contributed by atoms with Gasteiger partial charge in [0.25, 0.3) is 0 Å². The van der Waals surface area contributed by atoms with Gasteiger partial charge in [-0.1, -0.05) is 0 Å². The number of fused-ring (bicyclic) bond motifs is 4. The molecule has 1 atom stereocenters. The van der Waals surface area contributed by atoms with Gasteiger partial charge in [-0.3, -0.25) is 14.8 Å². The maximum absolute atomic E-state index is 13.5. The van der Waals surface area contributed by atoms with Gasteiger partial charge in [-0.25, -0.2) is 9.97 Å². The maximum Gasteiger partial charge on any atom is 0.226 e. The number of hydrogen-bond donors (Lipinski definition) is 2. The van der Waals surface area contributed by atoms with Gasteiger partial charge in [0, 0.05) is 61.5 Å². The molecule has 0 bridgehead atoms. The molecule has 1 fully saturated rings. The van der Waals surface area contributed by atoms with Crippen LogP contribution in [0.25, 0.3) is 21.1 Å². The molecule has 0 saturated carbocycles. The van der Waals surface area contributed by atoms with Crippen molar-refractivity contribution >= 4 is 49.9 Å². The molecule has 1 aromatic carbocycles. The summed E-state index contributed by atoms with van der Waals surface area (Å²) in [6, 6.07) is 3.95. The minimum atomic E-state index is 0.0387. The van der Waals surface area contributed by atoms with Gasteiger partial charge in [-0.05, 0) is 45.0 Å². The van der Waals surface area contributed by atoms with Crippen molar-refractivity contribution in [2.24, 2.45) is 5.92 Å². The molecule has 6 rings (SSSR count). The largest absolute Gasteiger partial charge is 0.494 e. The molecule has 200 valence electrons. The van der Waals surface area contributed by atoms with E-state index in [1.54, 1.807) is 31.0 Å². The number of carbonyl (C=O) groups is 1. The van der Waals surface area contributed by atoms with Crippen LogP contribution in [0.2, 0.25) is 0 Å². The zero-order chi connectivity index (χ0) is 26.2. The molecule has 1 aliphatic heterocycles. The van der Waals surface area contributed by atoms with Crippen molar-refractivity contribution in [1.82, 2.24) is 34.9 Å². The molecule has 10 nitrogen and oxygen atoms in total. The van der Waals surface area contributed by atoms with Crippen LogP contribution in [0.15, 0.2) is 24.7 Å². The second kappa shape index (κ2) is 10.5. The number of piperazine rings is 1. The van der Waals surface area contributed by atoms with Crippen molar-refractivity contribution in [3.05, 3.63) is 35.1 Å². The van der Waals surface area contributed by atoms with Crippen molar-refractivity contribution in [2.45, 2.75) is 19.3 Å². The highest BCUT2D eigenvalue weighted by atomic mass is 32.1. The molecule has 38 heavy (non-hydrogen) atoms. The normalized spacial score (nSPS) is 18.3. The number of anilines is 2. The quantitative estimate of drug-likeness (QED) is 0.373. The van der Waals surface area contributed by atoms with Gasteiger partial charge < -0.3 is 19.9 Å². The number of aryl methyl sites for hydroxylation is 1. The van der Waals surface area contributed by atoms with Crippen LogP contribution in [0.4, 0.5) is 11.5 Å². The monoisotopic (exact) mass is 534 g/mol. The van der Waals surface area contributed by atoms with E-state index in [1.807, 2.05) is 12.1 Å². The zero-order valence-corrected chi connectivity index (χ0v) is 23.0. The summed E-state index contributed by atoms with van der Waals surface area (Å²) in [5, 5.41) is 12.7. The van der Waals surface area contributed by atoms with E-state index >= 15 is 0 Å². The lowest BCUT2D eigenvalue weighted by Crippen LogP contribution is -2.51. The Morgan fingerprint density at radius 3 is 2.87 bits per heavy atom. The Balaban J connectivity index is 1.19. The van der Waals surface area contributed by atoms with Crippen molar-refractivity contribution in [3.63, 3.8) is 0 Å². The third-order valence-corrected chi connectivity index (χ3v) is 8.92. The number of nitrogens with one attached hydrogen (secondary N) is 2. The van der Waals surface area contributed by atoms with E-state index < -0.39 is 0 Å². The number of benzene rings is 1. The summed E-state index contributed by atoms with van der Waals surface area (Å²) >= 11 is 1.69. The number of methoxy groups -OCH3 is 1. The Kier molecular flexibility index (Phi) is 6.89. The van der Waals surface area contributed by atoms with Crippen LogP contribution in [-0.4, -0.2) is 101 Å². The molecule has 1 aliphatic carbocycles. The number of rotatable bonds is 7. The van der Waals surface area contributed by atoms with Crippen LogP contribution in [-0.2, 0) is 17.6 Å². The highest BCUT2D eigenvalue weighted by Crippen LogP contribution is 2.42. The van der Waals surface area contributed by atoms with Crippen LogP contribution >= 0.6 is 11.3 Å². The number of carbonyl (C=O) groups excluding carboxylic acids is 1. The van der Waals surface area contributed by atoms with Gasteiger partial charge in [0.05, 0.1) is 29.9 Å². The smallest absolute Gasteiger partial charge is 0.226 e. The summed E-state index contributed by atoms with van der Waals surface area (Å²) in [6.45, 7) is 5.67. The lowest BCUT2D eigenvalue weighted by atomic mass is 9.86. The van der Waals surface area contributed by atoms with Gasteiger partial charge in [-0.15, -0.1) is 11.3 Å². The molecule has 3 aromatic heterocycles. The van der Waals surface area contributed by atoms with E-state index in [0.29, 0.717) is 11.7 Å². The number of H-pyrrole nitrogens is 1. The molecular weight excluding hydrogens is 500 g/mol. The molecular formula is C27H34N8O2S. The first-order valence-electron chi connectivity index (χ1n) is 13.2. The molecule has 0 unspecified atom stereocenters. The fraction of sp³-hybridized carbons (Fsp3) is 0.481. The zero-order valence-electron chi connectivity index (χ0n) is 22.2. The van der Waals surface area contributed by atoms with Gasteiger partial charge in [0.15, 0.2) is 0 Å². The third kappa shape index (κ3) is 4.81. The van der Waals surface area contributed by atoms with Gasteiger partial charge in [0.2, 0.25) is 5.91 Å². The van der Waals surface area contributed by atoms with E-state index in [0.717, 1.165) is 91.2 Å². The third-order valence-electron chi connectivity index (χ3n) is 7.76. The minimum absolute atomic E-state index is 0.0387. The summed E-state index contributed by atoms with van der Waals surface area (Å²) in [5.41, 5.74) is 3.02. The highest BCUT2D eigenvalue weighted by molar-refractivity contribution is 7.19. The second-order valence-electron chi connectivity index (χ2n) is 10.5. The van der Waals surface area contributed by atoms with Crippen molar-refractivity contribution in [2.75, 3.05) is 65.8 Å². The molecule has 2 aliphatic rings. The molecule has 1 saturated heterocycles. The number of amides is 1. The fourth-order valence-electron chi connectivity index (χ4n) is 5.57. The lowest BCUT2D eigenvalue weighted by molar-refractivity contribution is -0.137. The van der Waals surface area contributed by atoms with Gasteiger partial charge in [0.1, 0.15) is 22.7 Å². The molecule has 0 spiro atoms. The topological polar surface area (TPSA) is 103 Å². The average Bonchev–Trinajstić information content (AvgIpc) is 3.55. The SMILES string of the molecule is COc1cc2[nH]ncc2cc1Nc1ncnc2sc3c(c12)CC[C@H](C(=O)N1CCN(CCN(C)C)CC1)C3. The van der Waals surface area contributed by atoms with E-state index in [9.17, 15) is 4.79 Å². The van der Waals surface area contributed by atoms with Crippen molar-refractivity contribution in [3.8, 4) is 5.75 Å². The summed E-state index contributed by atoms with van der Waals surface area (Å²) in [4.78, 5) is 31.6. The first-order valence-corrected chi connectivity index (χ1v) is 14.0. The number of hydrogen-bond acceptors (Lipinski definition) is 9. The number of ether oxygens (including phenoxy) is 1.